The second-order valence-corrected chi connectivity index (χ2v) is 7.83. The SMILES string of the molecule is COCC(=O)N1CC2C[C@@H](NCc3cccc(C(N)=O)c3)C1[C@@H](O)[C@@H](C)C2. The maximum atomic E-state index is 12.5. The number of nitrogens with two attached hydrogens (primary N) is 1. The maximum absolute atomic E-state index is 12.5. The lowest BCUT2D eigenvalue weighted by Crippen LogP contribution is -2.61. The van der Waals surface area contributed by atoms with Crippen LogP contribution in [0.3, 0.4) is 0 Å². The molecule has 1 aromatic carbocycles. The highest BCUT2D eigenvalue weighted by Crippen LogP contribution is 2.37. The molecule has 4 rings (SSSR count). The highest BCUT2D eigenvalue weighted by Gasteiger charge is 2.47. The summed E-state index contributed by atoms with van der Waals surface area (Å²) >= 11 is 0. The van der Waals surface area contributed by atoms with Crippen molar-refractivity contribution in [3.05, 3.63) is 35.4 Å². The predicted molar refractivity (Wildman–Crippen MR) is 101 cm³/mol. The van der Waals surface area contributed by atoms with Gasteiger partial charge in [-0.15, -0.1) is 0 Å². The van der Waals surface area contributed by atoms with Gasteiger partial charge in [0.15, 0.2) is 0 Å². The van der Waals surface area contributed by atoms with Gasteiger partial charge in [0.1, 0.15) is 6.61 Å². The van der Waals surface area contributed by atoms with Crippen LogP contribution >= 0.6 is 0 Å². The minimum atomic E-state index is -0.576. The van der Waals surface area contributed by atoms with E-state index in [9.17, 15) is 14.7 Å². The summed E-state index contributed by atoms with van der Waals surface area (Å²) in [6, 6.07) is 6.92. The van der Waals surface area contributed by atoms with Gasteiger partial charge in [-0.1, -0.05) is 19.1 Å². The Labute approximate surface area is 159 Å². The third kappa shape index (κ3) is 4.31. The van der Waals surface area contributed by atoms with Crippen LogP contribution in [0.1, 0.15) is 35.7 Å². The molecule has 2 amide bonds. The van der Waals surface area contributed by atoms with Gasteiger partial charge in [0.05, 0.1) is 12.1 Å². The predicted octanol–water partition coefficient (Wildman–Crippen LogP) is 0.508. The van der Waals surface area contributed by atoms with E-state index in [0.717, 1.165) is 18.4 Å². The van der Waals surface area contributed by atoms with Crippen LogP contribution in [-0.2, 0) is 16.1 Å². The van der Waals surface area contributed by atoms with Gasteiger partial charge in [-0.2, -0.15) is 0 Å². The van der Waals surface area contributed by atoms with Crippen molar-refractivity contribution in [2.75, 3.05) is 20.3 Å². The number of ether oxygens (including phenoxy) is 1. The van der Waals surface area contributed by atoms with Crippen LogP contribution in [0.5, 0.6) is 0 Å². The first-order valence-electron chi connectivity index (χ1n) is 9.49. The van der Waals surface area contributed by atoms with Gasteiger partial charge in [-0.05, 0) is 42.4 Å². The first kappa shape index (κ1) is 19.8. The molecule has 2 aliphatic heterocycles. The molecule has 2 heterocycles. The van der Waals surface area contributed by atoms with E-state index in [-0.39, 0.29) is 30.5 Å². The number of piperidine rings is 1. The molecule has 2 bridgehead atoms. The minimum absolute atomic E-state index is 0.0123. The molecular weight excluding hydrogens is 346 g/mol. The van der Waals surface area contributed by atoms with E-state index < -0.39 is 12.0 Å². The molecule has 1 aliphatic carbocycles. The molecule has 2 unspecified atom stereocenters. The van der Waals surface area contributed by atoms with Crippen LogP contribution in [-0.4, -0.2) is 60.3 Å². The Morgan fingerprint density at radius 3 is 2.85 bits per heavy atom. The number of rotatable bonds is 6. The number of amides is 2. The Morgan fingerprint density at radius 1 is 1.37 bits per heavy atom. The number of carbonyl (C=O) groups excluding carboxylic acids is 2. The van der Waals surface area contributed by atoms with Crippen molar-refractivity contribution in [1.82, 2.24) is 10.2 Å². The summed E-state index contributed by atoms with van der Waals surface area (Å²) in [6.45, 7) is 3.29. The number of primary amides is 1. The summed E-state index contributed by atoms with van der Waals surface area (Å²) in [5.41, 5.74) is 6.78. The number of methoxy groups -OCH3 is 1. The molecular formula is C20H29N3O4. The lowest BCUT2D eigenvalue weighted by atomic mass is 9.89. The van der Waals surface area contributed by atoms with Gasteiger partial charge in [-0.3, -0.25) is 9.59 Å². The van der Waals surface area contributed by atoms with Crippen LogP contribution in [0, 0.1) is 11.8 Å². The largest absolute Gasteiger partial charge is 0.391 e. The number of aliphatic hydroxyl groups excluding tert-OH is 1. The molecule has 2 saturated heterocycles. The van der Waals surface area contributed by atoms with Gasteiger partial charge in [0.2, 0.25) is 11.8 Å². The second kappa shape index (κ2) is 8.37. The zero-order chi connectivity index (χ0) is 19.6. The van der Waals surface area contributed by atoms with E-state index >= 15 is 0 Å². The zero-order valence-electron chi connectivity index (χ0n) is 15.9. The second-order valence-electron chi connectivity index (χ2n) is 7.83. The summed E-state index contributed by atoms with van der Waals surface area (Å²) in [7, 11) is 1.51. The molecule has 0 aromatic heterocycles. The summed E-state index contributed by atoms with van der Waals surface area (Å²) in [6.07, 6.45) is 1.25. The first-order valence-corrected chi connectivity index (χ1v) is 9.49. The molecule has 1 saturated carbocycles. The first-order chi connectivity index (χ1) is 12.9. The molecule has 7 heteroatoms. The number of carbonyl (C=O) groups is 2. The number of nitrogens with zero attached hydrogens (tertiary/aromatic N) is 1. The van der Waals surface area contributed by atoms with Crippen molar-refractivity contribution >= 4 is 11.8 Å². The smallest absolute Gasteiger partial charge is 0.248 e. The molecule has 0 spiro atoms. The van der Waals surface area contributed by atoms with E-state index in [2.05, 4.69) is 5.32 Å². The fraction of sp³-hybridized carbons (Fsp3) is 0.600. The molecule has 3 fully saturated rings. The van der Waals surface area contributed by atoms with Gasteiger partial charge in [0.25, 0.3) is 0 Å². The number of aliphatic hydroxyl groups is 1. The molecule has 3 aliphatic rings. The summed E-state index contributed by atoms with van der Waals surface area (Å²) < 4.78 is 5.03. The number of fused-ring (bicyclic) bond motifs is 4. The third-order valence-electron chi connectivity index (χ3n) is 5.82. The average Bonchev–Trinajstić information content (AvgIpc) is 2.84. The fourth-order valence-electron chi connectivity index (χ4n) is 4.55. The zero-order valence-corrected chi connectivity index (χ0v) is 15.9. The summed E-state index contributed by atoms with van der Waals surface area (Å²) in [5.74, 6) is -0.0390. The van der Waals surface area contributed by atoms with Gasteiger partial charge in [-0.25, -0.2) is 0 Å². The highest BCUT2D eigenvalue weighted by atomic mass is 16.5. The number of hydrogen-bond donors (Lipinski definition) is 3. The number of hydrogen-bond acceptors (Lipinski definition) is 5. The molecule has 1 aromatic rings. The molecule has 0 radical (unpaired) electrons. The number of nitrogens with one attached hydrogen (secondary N) is 1. The van der Waals surface area contributed by atoms with Crippen molar-refractivity contribution in [2.24, 2.45) is 17.6 Å². The van der Waals surface area contributed by atoms with Crippen LogP contribution < -0.4 is 11.1 Å². The van der Waals surface area contributed by atoms with Crippen molar-refractivity contribution in [3.63, 3.8) is 0 Å². The van der Waals surface area contributed by atoms with Gasteiger partial charge < -0.3 is 25.8 Å². The fourth-order valence-corrected chi connectivity index (χ4v) is 4.55. The average molecular weight is 375 g/mol. The molecule has 5 atom stereocenters. The topological polar surface area (TPSA) is 105 Å². The Kier molecular flexibility index (Phi) is 6.14. The van der Waals surface area contributed by atoms with Crippen LogP contribution in [0.2, 0.25) is 0 Å². The van der Waals surface area contributed by atoms with Crippen LogP contribution in [0.4, 0.5) is 0 Å². The van der Waals surface area contributed by atoms with E-state index in [0.29, 0.717) is 24.6 Å². The van der Waals surface area contributed by atoms with Crippen molar-refractivity contribution < 1.29 is 19.4 Å². The lowest BCUT2D eigenvalue weighted by molar-refractivity contribution is -0.143. The number of benzene rings is 1. The maximum Gasteiger partial charge on any atom is 0.248 e. The molecule has 27 heavy (non-hydrogen) atoms. The summed E-state index contributed by atoms with van der Waals surface area (Å²) in [4.78, 5) is 25.7. The Balaban J connectivity index is 1.77. The lowest BCUT2D eigenvalue weighted by Gasteiger charge is -2.44. The van der Waals surface area contributed by atoms with E-state index in [1.54, 1.807) is 17.0 Å². The van der Waals surface area contributed by atoms with E-state index in [1.165, 1.54) is 7.11 Å². The standard InChI is InChI=1S/C20H29N3O4/c1-12-6-14-8-16(18(19(12)25)23(10-14)17(24)11-27-2)22-9-13-4-3-5-15(7-13)20(21)26/h3-5,7,12,14,16,18-19,22,25H,6,8-11H2,1-2H3,(H2,21,26)/t12-,14?,16+,18?,19-/m0/s1. The third-order valence-corrected chi connectivity index (χ3v) is 5.82. The monoisotopic (exact) mass is 375 g/mol. The minimum Gasteiger partial charge on any atom is -0.391 e. The van der Waals surface area contributed by atoms with E-state index in [1.807, 2.05) is 19.1 Å². The Hall–Kier alpha value is -1.96. The van der Waals surface area contributed by atoms with Gasteiger partial charge in [0, 0.05) is 31.8 Å². The highest BCUT2D eigenvalue weighted by molar-refractivity contribution is 5.92. The Morgan fingerprint density at radius 2 is 2.15 bits per heavy atom. The summed E-state index contributed by atoms with van der Waals surface area (Å²) in [5, 5.41) is 14.4. The normalized spacial score (nSPS) is 30.2. The Bertz CT molecular complexity index is 696. The molecule has 4 N–H and O–H groups in total. The van der Waals surface area contributed by atoms with Crippen LogP contribution in [0.25, 0.3) is 0 Å². The van der Waals surface area contributed by atoms with Crippen molar-refractivity contribution in [3.8, 4) is 0 Å². The molecule has 7 nitrogen and oxygen atoms in total. The van der Waals surface area contributed by atoms with E-state index in [4.69, 9.17) is 10.5 Å². The van der Waals surface area contributed by atoms with Crippen molar-refractivity contribution in [1.29, 1.82) is 0 Å². The van der Waals surface area contributed by atoms with Crippen molar-refractivity contribution in [2.45, 2.75) is 44.5 Å². The van der Waals surface area contributed by atoms with Crippen LogP contribution in [0.15, 0.2) is 24.3 Å². The quantitative estimate of drug-likeness (QED) is 0.672. The van der Waals surface area contributed by atoms with Gasteiger partial charge >= 0.3 is 0 Å². The molecule has 148 valence electrons.